The summed E-state index contributed by atoms with van der Waals surface area (Å²) in [6.07, 6.45) is 7.48. The molecule has 4 N–H and O–H groups in total. The molecule has 1 aromatic rings. The number of carbonyl (C=O) groups excluding carboxylic acids is 3. The Bertz CT molecular complexity index is 638. The number of carbonyl (C=O) groups is 3. The Kier molecular flexibility index (Phi) is 5.54. The Labute approximate surface area is 145 Å². The predicted molar refractivity (Wildman–Crippen MR) is 88.2 cm³/mol. The Morgan fingerprint density at radius 2 is 1.96 bits per heavy atom. The molecule has 0 spiro atoms. The fourth-order valence-corrected chi connectivity index (χ4v) is 3.26. The van der Waals surface area contributed by atoms with Crippen LogP contribution in [-0.2, 0) is 9.59 Å². The van der Waals surface area contributed by atoms with Crippen molar-refractivity contribution in [2.24, 2.45) is 5.92 Å². The van der Waals surface area contributed by atoms with Crippen molar-refractivity contribution in [1.29, 1.82) is 0 Å². The zero-order valence-corrected chi connectivity index (χ0v) is 13.8. The SMILES string of the molecule is O=C(NCCNC(=O)C1NC(=O)C2CCCCC2N1)c1cnccn1. The van der Waals surface area contributed by atoms with E-state index in [-0.39, 0.29) is 48.5 Å². The van der Waals surface area contributed by atoms with Crippen molar-refractivity contribution in [1.82, 2.24) is 31.2 Å². The molecule has 9 nitrogen and oxygen atoms in total. The van der Waals surface area contributed by atoms with E-state index >= 15 is 0 Å². The summed E-state index contributed by atoms with van der Waals surface area (Å²) in [5.41, 5.74) is 0.221. The number of rotatable bonds is 5. The van der Waals surface area contributed by atoms with Crippen LogP contribution in [0.15, 0.2) is 18.6 Å². The second-order valence-corrected chi connectivity index (χ2v) is 6.24. The molecule has 1 aliphatic heterocycles. The average Bonchev–Trinajstić information content (AvgIpc) is 2.65. The Balaban J connectivity index is 1.40. The van der Waals surface area contributed by atoms with E-state index in [1.165, 1.54) is 18.6 Å². The summed E-state index contributed by atoms with van der Waals surface area (Å²) in [6.45, 7) is 0.515. The first-order valence-electron chi connectivity index (χ1n) is 8.53. The molecule has 9 heteroatoms. The molecule has 3 unspecified atom stereocenters. The van der Waals surface area contributed by atoms with Gasteiger partial charge in [-0.1, -0.05) is 12.8 Å². The van der Waals surface area contributed by atoms with E-state index in [4.69, 9.17) is 0 Å². The van der Waals surface area contributed by atoms with Crippen molar-refractivity contribution < 1.29 is 14.4 Å². The standard InChI is InChI=1S/C16H22N6O3/c23-14-10-3-1-2-4-11(10)21-13(22-14)16(25)20-8-7-19-15(24)12-9-17-5-6-18-12/h5-6,9-11,13,21H,1-4,7-8H2,(H,19,24)(H,20,25)(H,22,23). The van der Waals surface area contributed by atoms with Crippen LogP contribution in [0.2, 0.25) is 0 Å². The van der Waals surface area contributed by atoms with Crippen LogP contribution in [0.4, 0.5) is 0 Å². The third-order valence-electron chi connectivity index (χ3n) is 4.54. The quantitative estimate of drug-likeness (QED) is 0.503. The fraction of sp³-hybridized carbons (Fsp3) is 0.562. The van der Waals surface area contributed by atoms with Crippen LogP contribution in [0.5, 0.6) is 0 Å². The second-order valence-electron chi connectivity index (χ2n) is 6.24. The Hall–Kier alpha value is -2.55. The number of aromatic nitrogens is 2. The van der Waals surface area contributed by atoms with E-state index in [2.05, 4.69) is 31.2 Å². The van der Waals surface area contributed by atoms with E-state index in [0.29, 0.717) is 0 Å². The van der Waals surface area contributed by atoms with Gasteiger partial charge in [0.05, 0.1) is 12.1 Å². The van der Waals surface area contributed by atoms with Crippen molar-refractivity contribution >= 4 is 17.7 Å². The molecule has 0 aromatic carbocycles. The summed E-state index contributed by atoms with van der Waals surface area (Å²) in [4.78, 5) is 43.8. The zero-order chi connectivity index (χ0) is 17.6. The first-order valence-corrected chi connectivity index (χ1v) is 8.53. The number of amides is 3. The molecule has 1 aromatic heterocycles. The topological polar surface area (TPSA) is 125 Å². The number of nitrogens with zero attached hydrogens (tertiary/aromatic N) is 2. The van der Waals surface area contributed by atoms with Gasteiger partial charge in [0, 0.05) is 31.5 Å². The van der Waals surface area contributed by atoms with Gasteiger partial charge in [-0.25, -0.2) is 4.98 Å². The summed E-state index contributed by atoms with van der Waals surface area (Å²) in [6, 6.07) is 0.0645. The minimum atomic E-state index is -0.720. The first-order chi connectivity index (χ1) is 12.1. The van der Waals surface area contributed by atoms with E-state index < -0.39 is 6.17 Å². The molecule has 3 atom stereocenters. The van der Waals surface area contributed by atoms with Crippen LogP contribution in [0.3, 0.4) is 0 Å². The molecule has 2 fully saturated rings. The van der Waals surface area contributed by atoms with Gasteiger partial charge >= 0.3 is 0 Å². The molecule has 2 heterocycles. The van der Waals surface area contributed by atoms with Crippen molar-refractivity contribution in [2.45, 2.75) is 37.9 Å². The summed E-state index contributed by atoms with van der Waals surface area (Å²) in [5, 5.41) is 11.3. The maximum Gasteiger partial charge on any atom is 0.271 e. The minimum absolute atomic E-state index is 0.0379. The molecule has 25 heavy (non-hydrogen) atoms. The predicted octanol–water partition coefficient (Wildman–Crippen LogP) is -1.07. The molecule has 134 valence electrons. The van der Waals surface area contributed by atoms with E-state index in [1.807, 2.05) is 0 Å². The number of hydrogen-bond acceptors (Lipinski definition) is 6. The van der Waals surface area contributed by atoms with Gasteiger partial charge in [0.1, 0.15) is 5.69 Å². The molecule has 1 aliphatic carbocycles. The van der Waals surface area contributed by atoms with Crippen molar-refractivity contribution in [2.75, 3.05) is 13.1 Å². The summed E-state index contributed by atoms with van der Waals surface area (Å²) in [7, 11) is 0. The lowest BCUT2D eigenvalue weighted by atomic mass is 9.82. The number of nitrogens with one attached hydrogen (secondary N) is 4. The van der Waals surface area contributed by atoms with Crippen LogP contribution < -0.4 is 21.3 Å². The summed E-state index contributed by atoms with van der Waals surface area (Å²) >= 11 is 0. The smallest absolute Gasteiger partial charge is 0.271 e. The lowest BCUT2D eigenvalue weighted by Gasteiger charge is -2.39. The molecular weight excluding hydrogens is 324 g/mol. The maximum atomic E-state index is 12.2. The van der Waals surface area contributed by atoms with Gasteiger partial charge in [0.2, 0.25) is 5.91 Å². The molecule has 1 saturated heterocycles. The normalized spacial score (nSPS) is 25.4. The second kappa shape index (κ2) is 8.02. The molecule has 0 radical (unpaired) electrons. The highest BCUT2D eigenvalue weighted by Gasteiger charge is 2.39. The van der Waals surface area contributed by atoms with Crippen LogP contribution in [0.25, 0.3) is 0 Å². The third kappa shape index (κ3) is 4.30. The molecule has 1 saturated carbocycles. The van der Waals surface area contributed by atoms with Gasteiger partial charge in [0.25, 0.3) is 11.8 Å². The third-order valence-corrected chi connectivity index (χ3v) is 4.54. The molecule has 3 amide bonds. The highest BCUT2D eigenvalue weighted by molar-refractivity contribution is 5.92. The van der Waals surface area contributed by atoms with Gasteiger partial charge in [-0.15, -0.1) is 0 Å². The van der Waals surface area contributed by atoms with Crippen LogP contribution in [-0.4, -0.2) is 53.0 Å². The first kappa shape index (κ1) is 17.3. The van der Waals surface area contributed by atoms with Crippen LogP contribution >= 0.6 is 0 Å². The van der Waals surface area contributed by atoms with Gasteiger partial charge in [-0.3, -0.25) is 24.7 Å². The van der Waals surface area contributed by atoms with Crippen molar-refractivity contribution in [3.05, 3.63) is 24.3 Å². The largest absolute Gasteiger partial charge is 0.351 e. The van der Waals surface area contributed by atoms with Gasteiger partial charge in [-0.2, -0.15) is 0 Å². The van der Waals surface area contributed by atoms with Gasteiger partial charge < -0.3 is 16.0 Å². The molecule has 3 rings (SSSR count). The van der Waals surface area contributed by atoms with Gasteiger partial charge in [-0.05, 0) is 12.8 Å². The Morgan fingerprint density at radius 1 is 1.16 bits per heavy atom. The highest BCUT2D eigenvalue weighted by atomic mass is 16.2. The Morgan fingerprint density at radius 3 is 2.76 bits per heavy atom. The van der Waals surface area contributed by atoms with Crippen LogP contribution in [0, 0.1) is 5.92 Å². The highest BCUT2D eigenvalue weighted by Crippen LogP contribution is 2.26. The zero-order valence-electron chi connectivity index (χ0n) is 13.8. The maximum absolute atomic E-state index is 12.2. The summed E-state index contributed by atoms with van der Waals surface area (Å²) < 4.78 is 0. The van der Waals surface area contributed by atoms with Crippen molar-refractivity contribution in [3.63, 3.8) is 0 Å². The number of fused-ring (bicyclic) bond motifs is 1. The number of hydrogen-bond donors (Lipinski definition) is 4. The fourth-order valence-electron chi connectivity index (χ4n) is 3.26. The molecule has 2 aliphatic rings. The van der Waals surface area contributed by atoms with Crippen LogP contribution in [0.1, 0.15) is 36.2 Å². The van der Waals surface area contributed by atoms with Gasteiger partial charge in [0.15, 0.2) is 6.17 Å². The minimum Gasteiger partial charge on any atom is -0.351 e. The van der Waals surface area contributed by atoms with E-state index in [0.717, 1.165) is 25.7 Å². The van der Waals surface area contributed by atoms with Crippen molar-refractivity contribution in [3.8, 4) is 0 Å². The summed E-state index contributed by atoms with van der Waals surface area (Å²) in [5.74, 6) is -0.744. The monoisotopic (exact) mass is 346 g/mol. The molecule has 0 bridgehead atoms. The van der Waals surface area contributed by atoms with E-state index in [1.54, 1.807) is 0 Å². The lowest BCUT2D eigenvalue weighted by Crippen LogP contribution is -2.66. The molecular formula is C16H22N6O3. The van der Waals surface area contributed by atoms with E-state index in [9.17, 15) is 14.4 Å². The average molecular weight is 346 g/mol. The lowest BCUT2D eigenvalue weighted by molar-refractivity contribution is -0.137.